The summed E-state index contributed by atoms with van der Waals surface area (Å²) >= 11 is 6.50. The zero-order valence-electron chi connectivity index (χ0n) is 15.1. The lowest BCUT2D eigenvalue weighted by atomic mass is 9.90. The molecule has 3 N–H and O–H groups in total. The first-order chi connectivity index (χ1) is 12.6. The van der Waals surface area contributed by atoms with E-state index in [0.717, 1.165) is 16.1 Å². The van der Waals surface area contributed by atoms with Gasteiger partial charge in [-0.25, -0.2) is 0 Å². The molecule has 0 radical (unpaired) electrons. The first-order valence-electron chi connectivity index (χ1n) is 8.93. The quantitative estimate of drug-likeness (QED) is 0.588. The van der Waals surface area contributed by atoms with E-state index in [9.17, 15) is 4.79 Å². The van der Waals surface area contributed by atoms with Crippen molar-refractivity contribution in [3.05, 3.63) is 70.9 Å². The first kappa shape index (κ1) is 18.5. The molecule has 3 aromatic rings. The Bertz CT molecular complexity index is 890. The van der Waals surface area contributed by atoms with Crippen LogP contribution in [0.3, 0.4) is 0 Å². The number of likely N-dealkylation sites (N-methyl/N-ethyl adjacent to an activating group) is 1. The van der Waals surface area contributed by atoms with Gasteiger partial charge < -0.3 is 15.6 Å². The van der Waals surface area contributed by atoms with Gasteiger partial charge in [-0.15, -0.1) is 0 Å². The Morgan fingerprint density at radius 3 is 2.62 bits per heavy atom. The van der Waals surface area contributed by atoms with Gasteiger partial charge in [0.05, 0.1) is 6.04 Å². The molecule has 0 unspecified atom stereocenters. The van der Waals surface area contributed by atoms with Gasteiger partial charge in [0.2, 0.25) is 5.91 Å². The Balaban J connectivity index is 1.93. The average molecular weight is 370 g/mol. The number of aromatic nitrogens is 1. The van der Waals surface area contributed by atoms with Crippen LogP contribution in [-0.4, -0.2) is 30.0 Å². The number of H-pyrrole nitrogens is 1. The molecule has 0 saturated heterocycles. The Kier molecular flexibility index (Phi) is 5.96. The monoisotopic (exact) mass is 369 g/mol. The fourth-order valence-electron chi connectivity index (χ4n) is 3.24. The number of carbonyl (C=O) groups is 1. The van der Waals surface area contributed by atoms with Gasteiger partial charge in [-0.2, -0.15) is 0 Å². The molecule has 2 aromatic carbocycles. The van der Waals surface area contributed by atoms with E-state index in [4.69, 9.17) is 11.6 Å². The number of fused-ring (bicyclic) bond motifs is 1. The van der Waals surface area contributed by atoms with Gasteiger partial charge in [0, 0.05) is 41.1 Å². The summed E-state index contributed by atoms with van der Waals surface area (Å²) < 4.78 is 0. The van der Waals surface area contributed by atoms with E-state index in [1.807, 2.05) is 56.4 Å². The number of benzene rings is 2. The Labute approximate surface area is 158 Å². The van der Waals surface area contributed by atoms with Gasteiger partial charge in [0.25, 0.3) is 0 Å². The van der Waals surface area contributed by atoms with Crippen LogP contribution in [-0.2, 0) is 4.79 Å². The molecule has 1 aromatic heterocycles. The third-order valence-corrected chi connectivity index (χ3v) is 4.99. The molecule has 0 aliphatic heterocycles. The third kappa shape index (κ3) is 3.92. The highest BCUT2D eigenvalue weighted by Gasteiger charge is 2.22. The van der Waals surface area contributed by atoms with E-state index >= 15 is 0 Å². The molecular formula is C21H24ClN3O. The standard InChI is InChI=1S/C21H24ClN3O/c1-3-23-21(26)14(2)24-12-17(15-8-4-6-10-19(15)22)18-13-25-20-11-7-5-9-16(18)20/h4-11,13-14,17,24-25H,3,12H2,1-2H3,(H,23,26)/t14-,17+/m1/s1. The molecule has 0 fully saturated rings. The maximum atomic E-state index is 12.1. The SMILES string of the molecule is CCNC(=O)[C@@H](C)NC[C@@H](c1ccccc1Cl)c1c[nH]c2ccccc12. The zero-order valence-corrected chi connectivity index (χ0v) is 15.8. The zero-order chi connectivity index (χ0) is 18.5. The highest BCUT2D eigenvalue weighted by atomic mass is 35.5. The van der Waals surface area contributed by atoms with Crippen LogP contribution in [0.25, 0.3) is 10.9 Å². The molecule has 0 bridgehead atoms. The minimum Gasteiger partial charge on any atom is -0.361 e. The Hall–Kier alpha value is -2.30. The number of para-hydroxylation sites is 1. The molecular weight excluding hydrogens is 346 g/mol. The van der Waals surface area contributed by atoms with Crippen LogP contribution in [0.15, 0.2) is 54.7 Å². The number of aromatic amines is 1. The van der Waals surface area contributed by atoms with Gasteiger partial charge in [-0.1, -0.05) is 48.0 Å². The van der Waals surface area contributed by atoms with Crippen molar-refractivity contribution in [1.82, 2.24) is 15.6 Å². The smallest absolute Gasteiger partial charge is 0.236 e. The normalized spacial score (nSPS) is 13.5. The molecule has 1 amide bonds. The molecule has 0 saturated carbocycles. The number of hydrogen-bond acceptors (Lipinski definition) is 2. The summed E-state index contributed by atoms with van der Waals surface area (Å²) in [5, 5.41) is 8.12. The second kappa shape index (κ2) is 8.39. The largest absolute Gasteiger partial charge is 0.361 e. The van der Waals surface area contributed by atoms with Crippen LogP contribution < -0.4 is 10.6 Å². The summed E-state index contributed by atoms with van der Waals surface area (Å²) in [6, 6.07) is 15.8. The minimum atomic E-state index is -0.273. The summed E-state index contributed by atoms with van der Waals surface area (Å²) in [5.74, 6) is 0.0426. The van der Waals surface area contributed by atoms with Crippen molar-refractivity contribution in [2.45, 2.75) is 25.8 Å². The van der Waals surface area contributed by atoms with Crippen molar-refractivity contribution in [3.63, 3.8) is 0 Å². The van der Waals surface area contributed by atoms with Crippen molar-refractivity contribution in [2.24, 2.45) is 0 Å². The molecule has 26 heavy (non-hydrogen) atoms. The van der Waals surface area contributed by atoms with E-state index < -0.39 is 0 Å². The predicted octanol–water partition coefficient (Wildman–Crippen LogP) is 4.07. The number of carbonyl (C=O) groups excluding carboxylic acids is 1. The lowest BCUT2D eigenvalue weighted by molar-refractivity contribution is -0.122. The van der Waals surface area contributed by atoms with Gasteiger partial charge >= 0.3 is 0 Å². The number of rotatable bonds is 7. The third-order valence-electron chi connectivity index (χ3n) is 4.65. The van der Waals surface area contributed by atoms with Crippen LogP contribution in [0.5, 0.6) is 0 Å². The molecule has 2 atom stereocenters. The van der Waals surface area contributed by atoms with Crippen molar-refractivity contribution in [1.29, 1.82) is 0 Å². The fraction of sp³-hybridized carbons (Fsp3) is 0.286. The fourth-order valence-corrected chi connectivity index (χ4v) is 3.51. The average Bonchev–Trinajstić information content (AvgIpc) is 3.07. The molecule has 1 heterocycles. The molecule has 136 valence electrons. The summed E-state index contributed by atoms with van der Waals surface area (Å²) in [5.41, 5.74) is 3.31. The Morgan fingerprint density at radius 2 is 1.85 bits per heavy atom. The van der Waals surface area contributed by atoms with E-state index in [-0.39, 0.29) is 17.9 Å². The van der Waals surface area contributed by atoms with E-state index in [1.165, 1.54) is 10.9 Å². The van der Waals surface area contributed by atoms with Gasteiger partial charge in [-0.3, -0.25) is 4.79 Å². The van der Waals surface area contributed by atoms with Gasteiger partial charge in [0.1, 0.15) is 0 Å². The summed E-state index contributed by atoms with van der Waals surface area (Å²) in [6.45, 7) is 5.04. The van der Waals surface area contributed by atoms with Crippen LogP contribution >= 0.6 is 11.6 Å². The predicted molar refractivity (Wildman–Crippen MR) is 108 cm³/mol. The van der Waals surface area contributed by atoms with E-state index in [1.54, 1.807) is 0 Å². The molecule has 0 aliphatic carbocycles. The van der Waals surface area contributed by atoms with E-state index in [2.05, 4.69) is 27.8 Å². The molecule has 0 aliphatic rings. The number of hydrogen-bond donors (Lipinski definition) is 3. The number of nitrogens with one attached hydrogen (secondary N) is 3. The lowest BCUT2D eigenvalue weighted by Crippen LogP contribution is -2.43. The highest BCUT2D eigenvalue weighted by Crippen LogP contribution is 2.34. The summed E-state index contributed by atoms with van der Waals surface area (Å²) in [7, 11) is 0. The van der Waals surface area contributed by atoms with Gasteiger partial charge in [0.15, 0.2) is 0 Å². The molecule has 5 heteroatoms. The maximum absolute atomic E-state index is 12.1. The summed E-state index contributed by atoms with van der Waals surface area (Å²) in [4.78, 5) is 15.4. The first-order valence-corrected chi connectivity index (χ1v) is 9.31. The van der Waals surface area contributed by atoms with Crippen molar-refractivity contribution in [3.8, 4) is 0 Å². The summed E-state index contributed by atoms with van der Waals surface area (Å²) in [6.07, 6.45) is 2.04. The van der Waals surface area contributed by atoms with Gasteiger partial charge in [-0.05, 0) is 37.1 Å². The number of halogens is 1. The van der Waals surface area contributed by atoms with Crippen molar-refractivity contribution >= 4 is 28.4 Å². The number of amides is 1. The topological polar surface area (TPSA) is 56.9 Å². The minimum absolute atomic E-state index is 0.00401. The van der Waals surface area contributed by atoms with Crippen molar-refractivity contribution in [2.75, 3.05) is 13.1 Å². The second-order valence-electron chi connectivity index (χ2n) is 6.39. The molecule has 0 spiro atoms. The van der Waals surface area contributed by atoms with Crippen molar-refractivity contribution < 1.29 is 4.79 Å². The molecule has 3 rings (SSSR count). The second-order valence-corrected chi connectivity index (χ2v) is 6.80. The van der Waals surface area contributed by atoms with Crippen LogP contribution in [0.4, 0.5) is 0 Å². The Morgan fingerprint density at radius 1 is 1.12 bits per heavy atom. The van der Waals surface area contributed by atoms with E-state index in [0.29, 0.717) is 13.1 Å². The molecule has 4 nitrogen and oxygen atoms in total. The van der Waals surface area contributed by atoms with Crippen LogP contribution in [0.1, 0.15) is 30.9 Å². The highest BCUT2D eigenvalue weighted by molar-refractivity contribution is 6.31. The van der Waals surface area contributed by atoms with Crippen LogP contribution in [0, 0.1) is 0 Å². The maximum Gasteiger partial charge on any atom is 0.236 e. The van der Waals surface area contributed by atoms with Crippen LogP contribution in [0.2, 0.25) is 5.02 Å². The lowest BCUT2D eigenvalue weighted by Gasteiger charge is -2.22.